The number of para-hydroxylation sites is 1. The van der Waals surface area contributed by atoms with E-state index in [1.165, 1.54) is 4.90 Å². The molecule has 1 aromatic rings. The third-order valence-electron chi connectivity index (χ3n) is 1.75. The van der Waals surface area contributed by atoms with E-state index in [2.05, 4.69) is 0 Å². The average molecular weight is 244 g/mol. The molecule has 0 aliphatic carbocycles. The molecule has 16 heavy (non-hydrogen) atoms. The molecule has 0 aliphatic heterocycles. The van der Waals surface area contributed by atoms with Gasteiger partial charge in [-0.25, -0.2) is 4.79 Å². The maximum atomic E-state index is 11.3. The number of halogens is 1. The zero-order chi connectivity index (χ0) is 11.3. The molecule has 1 rings (SSSR count). The number of guanidine groups is 1. The van der Waals surface area contributed by atoms with Crippen LogP contribution >= 0.6 is 12.4 Å². The van der Waals surface area contributed by atoms with Gasteiger partial charge in [-0.05, 0) is 12.1 Å². The van der Waals surface area contributed by atoms with Crippen molar-refractivity contribution in [1.82, 2.24) is 4.90 Å². The van der Waals surface area contributed by atoms with Crippen LogP contribution in [0, 0.1) is 5.41 Å². The van der Waals surface area contributed by atoms with E-state index < -0.39 is 5.97 Å². The van der Waals surface area contributed by atoms with Gasteiger partial charge < -0.3 is 15.4 Å². The van der Waals surface area contributed by atoms with Gasteiger partial charge in [0.05, 0.1) is 0 Å². The third-order valence-corrected chi connectivity index (χ3v) is 1.75. The zero-order valence-corrected chi connectivity index (χ0v) is 9.66. The fourth-order valence-electron chi connectivity index (χ4n) is 0.931. The first kappa shape index (κ1) is 14.2. The maximum absolute atomic E-state index is 11.3. The molecule has 0 atom stereocenters. The molecule has 0 fully saturated rings. The molecule has 3 N–H and O–H groups in total. The molecule has 0 aromatic heterocycles. The number of rotatable bonds is 3. The van der Waals surface area contributed by atoms with E-state index in [0.717, 1.165) is 0 Å². The number of nitrogens with two attached hydrogens (primary N) is 1. The van der Waals surface area contributed by atoms with Gasteiger partial charge in [-0.3, -0.25) is 5.41 Å². The van der Waals surface area contributed by atoms with Crippen LogP contribution in [-0.2, 0) is 4.79 Å². The molecule has 0 spiro atoms. The van der Waals surface area contributed by atoms with Crippen molar-refractivity contribution in [3.8, 4) is 5.75 Å². The summed E-state index contributed by atoms with van der Waals surface area (Å²) >= 11 is 0. The third kappa shape index (κ3) is 4.65. The lowest BCUT2D eigenvalue weighted by Gasteiger charge is -2.14. The van der Waals surface area contributed by atoms with Crippen LogP contribution in [0.15, 0.2) is 30.3 Å². The van der Waals surface area contributed by atoms with Crippen LogP contribution < -0.4 is 10.5 Å². The highest BCUT2D eigenvalue weighted by Gasteiger charge is 2.09. The molecule has 0 unspecified atom stereocenters. The second kappa shape index (κ2) is 6.68. The molecular formula is C10H14ClN3O2. The summed E-state index contributed by atoms with van der Waals surface area (Å²) in [6.07, 6.45) is 0. The normalized spacial score (nSPS) is 8.81. The average Bonchev–Trinajstić information content (AvgIpc) is 2.18. The van der Waals surface area contributed by atoms with Crippen molar-refractivity contribution in [1.29, 1.82) is 5.41 Å². The van der Waals surface area contributed by atoms with Crippen molar-refractivity contribution in [2.45, 2.75) is 0 Å². The number of carbonyl (C=O) groups is 1. The van der Waals surface area contributed by atoms with Gasteiger partial charge in [0.15, 0.2) is 5.96 Å². The van der Waals surface area contributed by atoms with Crippen LogP contribution in [0.1, 0.15) is 0 Å². The number of nitrogens with one attached hydrogen (secondary N) is 1. The minimum Gasteiger partial charge on any atom is -0.425 e. The van der Waals surface area contributed by atoms with E-state index >= 15 is 0 Å². The number of benzene rings is 1. The van der Waals surface area contributed by atoms with Crippen molar-refractivity contribution >= 4 is 24.3 Å². The van der Waals surface area contributed by atoms with E-state index in [-0.39, 0.29) is 24.9 Å². The molecule has 0 saturated heterocycles. The molecule has 1 aromatic carbocycles. The van der Waals surface area contributed by atoms with Crippen molar-refractivity contribution < 1.29 is 9.53 Å². The van der Waals surface area contributed by atoms with Gasteiger partial charge >= 0.3 is 5.97 Å². The minimum atomic E-state index is -0.445. The first-order chi connectivity index (χ1) is 7.09. The summed E-state index contributed by atoms with van der Waals surface area (Å²) in [5.41, 5.74) is 5.18. The van der Waals surface area contributed by atoms with Crippen LogP contribution in [0.5, 0.6) is 5.75 Å². The smallest absolute Gasteiger partial charge is 0.331 e. The molecular weight excluding hydrogens is 230 g/mol. The van der Waals surface area contributed by atoms with Gasteiger partial charge in [-0.1, -0.05) is 18.2 Å². The second-order valence-electron chi connectivity index (χ2n) is 3.03. The van der Waals surface area contributed by atoms with Gasteiger partial charge in [-0.2, -0.15) is 0 Å². The van der Waals surface area contributed by atoms with Crippen molar-refractivity contribution in [2.75, 3.05) is 13.6 Å². The van der Waals surface area contributed by atoms with E-state index in [1.54, 1.807) is 31.3 Å². The highest BCUT2D eigenvalue weighted by Crippen LogP contribution is 2.08. The number of hydrogen-bond donors (Lipinski definition) is 2. The van der Waals surface area contributed by atoms with Crippen molar-refractivity contribution in [2.24, 2.45) is 5.73 Å². The van der Waals surface area contributed by atoms with E-state index in [1.807, 2.05) is 6.07 Å². The Morgan fingerprint density at radius 3 is 2.50 bits per heavy atom. The highest BCUT2D eigenvalue weighted by atomic mass is 35.5. The first-order valence-electron chi connectivity index (χ1n) is 4.40. The van der Waals surface area contributed by atoms with Crippen molar-refractivity contribution in [3.05, 3.63) is 30.3 Å². The Bertz CT molecular complexity index is 356. The van der Waals surface area contributed by atoms with Crippen LogP contribution in [0.3, 0.4) is 0 Å². The van der Waals surface area contributed by atoms with Crippen LogP contribution in [-0.4, -0.2) is 30.4 Å². The maximum Gasteiger partial charge on any atom is 0.331 e. The molecule has 0 radical (unpaired) electrons. The van der Waals surface area contributed by atoms with Crippen LogP contribution in [0.2, 0.25) is 0 Å². The largest absolute Gasteiger partial charge is 0.425 e. The fraction of sp³-hybridized carbons (Fsp3) is 0.200. The SMILES string of the molecule is CN(CC(=O)Oc1ccccc1)C(=N)N.Cl. The lowest BCUT2D eigenvalue weighted by molar-refractivity contribution is -0.134. The lowest BCUT2D eigenvalue weighted by atomic mass is 10.3. The Labute approximate surface area is 100 Å². The molecule has 0 aliphatic rings. The van der Waals surface area contributed by atoms with E-state index in [4.69, 9.17) is 15.9 Å². The molecule has 6 heteroatoms. The second-order valence-corrected chi connectivity index (χ2v) is 3.03. The Morgan fingerprint density at radius 2 is 2.00 bits per heavy atom. The standard InChI is InChI=1S/C10H13N3O2.ClH/c1-13(10(11)12)7-9(14)15-8-5-3-2-4-6-8;/h2-6H,7H2,1H3,(H3,11,12);1H. The predicted octanol–water partition coefficient (Wildman–Crippen LogP) is 0.839. The molecule has 0 bridgehead atoms. The first-order valence-corrected chi connectivity index (χ1v) is 4.40. The monoisotopic (exact) mass is 243 g/mol. The Hall–Kier alpha value is -1.75. The quantitative estimate of drug-likeness (QED) is 0.357. The molecule has 0 heterocycles. The minimum absolute atomic E-state index is 0. The number of nitrogens with zero attached hydrogens (tertiary/aromatic N) is 1. The van der Waals surface area contributed by atoms with Gasteiger partial charge in [-0.15, -0.1) is 12.4 Å². The summed E-state index contributed by atoms with van der Waals surface area (Å²) in [6.45, 7) is -0.0375. The number of likely N-dealkylation sites (N-methyl/N-ethyl adjacent to an activating group) is 1. The van der Waals surface area contributed by atoms with E-state index in [0.29, 0.717) is 5.75 Å². The molecule has 0 saturated carbocycles. The van der Waals surface area contributed by atoms with Gasteiger partial charge in [0.25, 0.3) is 0 Å². The van der Waals surface area contributed by atoms with Gasteiger partial charge in [0, 0.05) is 7.05 Å². The van der Waals surface area contributed by atoms with Crippen LogP contribution in [0.4, 0.5) is 0 Å². The number of hydrogen-bond acceptors (Lipinski definition) is 3. The number of ether oxygens (including phenoxy) is 1. The Kier molecular flexibility index (Phi) is 5.95. The topological polar surface area (TPSA) is 79.4 Å². The summed E-state index contributed by atoms with van der Waals surface area (Å²) in [5.74, 6) is -0.127. The summed E-state index contributed by atoms with van der Waals surface area (Å²) < 4.78 is 5.00. The number of esters is 1. The van der Waals surface area contributed by atoms with Crippen molar-refractivity contribution in [3.63, 3.8) is 0 Å². The summed E-state index contributed by atoms with van der Waals surface area (Å²) in [6, 6.07) is 8.75. The molecule has 5 nitrogen and oxygen atoms in total. The Balaban J connectivity index is 0.00000225. The molecule has 0 amide bonds. The lowest BCUT2D eigenvalue weighted by Crippen LogP contribution is -2.38. The Morgan fingerprint density at radius 1 is 1.44 bits per heavy atom. The summed E-state index contributed by atoms with van der Waals surface area (Å²) in [5, 5.41) is 7.07. The van der Waals surface area contributed by atoms with E-state index in [9.17, 15) is 4.79 Å². The van der Waals surface area contributed by atoms with Gasteiger partial charge in [0.2, 0.25) is 0 Å². The number of carbonyl (C=O) groups excluding carboxylic acids is 1. The van der Waals surface area contributed by atoms with Crippen LogP contribution in [0.25, 0.3) is 0 Å². The molecule has 88 valence electrons. The predicted molar refractivity (Wildman–Crippen MR) is 63.9 cm³/mol. The highest BCUT2D eigenvalue weighted by molar-refractivity contribution is 5.85. The summed E-state index contributed by atoms with van der Waals surface area (Å²) in [4.78, 5) is 12.6. The summed E-state index contributed by atoms with van der Waals surface area (Å²) in [7, 11) is 1.55. The zero-order valence-electron chi connectivity index (χ0n) is 8.84. The fourth-order valence-corrected chi connectivity index (χ4v) is 0.931. The van der Waals surface area contributed by atoms with Gasteiger partial charge in [0.1, 0.15) is 12.3 Å².